The maximum atomic E-state index is 11.4. The molecule has 0 aliphatic heterocycles. The number of unbranched alkanes of at least 4 members (excludes halogenated alkanes) is 3. The van der Waals surface area contributed by atoms with Gasteiger partial charge in [0, 0.05) is 31.5 Å². The number of anilines is 1. The highest BCUT2D eigenvalue weighted by atomic mass is 35.5. The number of hydrogen-bond donors (Lipinski definition) is 2. The molecule has 1 heterocycles. The number of halogens is 2. The average Bonchev–Trinajstić information content (AvgIpc) is 2.96. The summed E-state index contributed by atoms with van der Waals surface area (Å²) in [5.41, 5.74) is 8.97. The number of carbonyl (C=O) groups is 1. The van der Waals surface area contributed by atoms with Gasteiger partial charge in [-0.05, 0) is 54.8 Å². The standard InChI is InChI=1S/C31H35Cl2N3O4/c1-39-31(38)28-14-13-23(20-35-28)12-9-17-40-16-8-3-2-7-15-36(21-24-10-5-4-6-11-24)22-29(37)25-18-26(32)30(34)27(33)19-25/h4-6,10-11,13-14,18-20,29,37H,2-3,7-8,15-17,21-22,34H2,1H3. The van der Waals surface area contributed by atoms with Crippen LogP contribution in [0, 0.1) is 11.8 Å². The number of nitrogens with two attached hydrogens (primary N) is 1. The first kappa shape index (κ1) is 31.4. The lowest BCUT2D eigenvalue weighted by molar-refractivity contribution is 0.0594. The van der Waals surface area contributed by atoms with Crippen molar-refractivity contribution in [3.8, 4) is 11.8 Å². The Labute approximate surface area is 246 Å². The number of carbonyl (C=O) groups excluding carboxylic acids is 1. The Morgan fingerprint density at radius 1 is 1.07 bits per heavy atom. The summed E-state index contributed by atoms with van der Waals surface area (Å²) in [5.74, 6) is 5.46. The Morgan fingerprint density at radius 3 is 2.48 bits per heavy atom. The zero-order valence-corrected chi connectivity index (χ0v) is 24.1. The van der Waals surface area contributed by atoms with Crippen LogP contribution < -0.4 is 5.73 Å². The molecule has 0 saturated heterocycles. The van der Waals surface area contributed by atoms with Crippen LogP contribution in [0.1, 0.15) is 59.0 Å². The Hall–Kier alpha value is -3.12. The maximum absolute atomic E-state index is 11.4. The van der Waals surface area contributed by atoms with Crippen LogP contribution in [-0.4, -0.2) is 54.4 Å². The highest BCUT2D eigenvalue weighted by molar-refractivity contribution is 6.38. The van der Waals surface area contributed by atoms with Crippen molar-refractivity contribution in [2.75, 3.05) is 39.1 Å². The van der Waals surface area contributed by atoms with Crippen LogP contribution in [0.5, 0.6) is 0 Å². The van der Waals surface area contributed by atoms with Crippen molar-refractivity contribution in [1.82, 2.24) is 9.88 Å². The van der Waals surface area contributed by atoms with E-state index >= 15 is 0 Å². The summed E-state index contributed by atoms with van der Waals surface area (Å²) in [6.45, 7) is 3.00. The molecule has 0 spiro atoms. The van der Waals surface area contributed by atoms with Crippen molar-refractivity contribution in [1.29, 1.82) is 0 Å². The van der Waals surface area contributed by atoms with E-state index < -0.39 is 12.1 Å². The van der Waals surface area contributed by atoms with Crippen molar-refractivity contribution in [2.24, 2.45) is 0 Å². The molecule has 1 unspecified atom stereocenters. The number of esters is 1. The van der Waals surface area contributed by atoms with Crippen molar-refractivity contribution < 1.29 is 19.4 Å². The van der Waals surface area contributed by atoms with Crippen LogP contribution in [0.3, 0.4) is 0 Å². The number of aromatic nitrogens is 1. The third-order valence-electron chi connectivity index (χ3n) is 6.24. The number of ether oxygens (including phenoxy) is 2. The highest BCUT2D eigenvalue weighted by Gasteiger charge is 2.17. The second-order valence-electron chi connectivity index (χ2n) is 9.33. The fraction of sp³-hybridized carbons (Fsp3) is 0.355. The molecule has 40 heavy (non-hydrogen) atoms. The molecule has 3 N–H and O–H groups in total. The van der Waals surface area contributed by atoms with Gasteiger partial charge in [-0.3, -0.25) is 4.90 Å². The average molecular weight is 585 g/mol. The predicted octanol–water partition coefficient (Wildman–Crippen LogP) is 5.92. The highest BCUT2D eigenvalue weighted by Crippen LogP contribution is 2.31. The normalized spacial score (nSPS) is 11.6. The second kappa shape index (κ2) is 16.9. The summed E-state index contributed by atoms with van der Waals surface area (Å²) < 4.78 is 10.3. The van der Waals surface area contributed by atoms with E-state index in [0.29, 0.717) is 46.6 Å². The van der Waals surface area contributed by atoms with Gasteiger partial charge < -0.3 is 20.3 Å². The molecule has 3 rings (SSSR count). The zero-order chi connectivity index (χ0) is 28.7. The number of pyridine rings is 1. The van der Waals surface area contributed by atoms with E-state index in [4.69, 9.17) is 33.7 Å². The molecule has 1 aromatic heterocycles. The van der Waals surface area contributed by atoms with Crippen LogP contribution in [0.15, 0.2) is 60.8 Å². The van der Waals surface area contributed by atoms with Gasteiger partial charge in [0.1, 0.15) is 12.3 Å². The maximum Gasteiger partial charge on any atom is 0.356 e. The smallest absolute Gasteiger partial charge is 0.356 e. The van der Waals surface area contributed by atoms with Gasteiger partial charge >= 0.3 is 5.97 Å². The first-order chi connectivity index (χ1) is 19.4. The largest absolute Gasteiger partial charge is 0.464 e. The molecule has 0 aliphatic rings. The molecule has 212 valence electrons. The van der Waals surface area contributed by atoms with Gasteiger partial charge in [-0.1, -0.05) is 78.2 Å². The Balaban J connectivity index is 1.38. The summed E-state index contributed by atoms with van der Waals surface area (Å²) >= 11 is 12.4. The summed E-state index contributed by atoms with van der Waals surface area (Å²) in [7, 11) is 1.32. The Bertz CT molecular complexity index is 1250. The third kappa shape index (κ3) is 10.5. The van der Waals surface area contributed by atoms with E-state index in [1.807, 2.05) is 18.2 Å². The summed E-state index contributed by atoms with van der Waals surface area (Å²) in [5, 5.41) is 11.6. The van der Waals surface area contributed by atoms with Crippen molar-refractivity contribution in [2.45, 2.75) is 38.3 Å². The van der Waals surface area contributed by atoms with E-state index in [2.05, 4.69) is 38.6 Å². The summed E-state index contributed by atoms with van der Waals surface area (Å²) in [6.07, 6.45) is 4.83. The molecule has 1 atom stereocenters. The van der Waals surface area contributed by atoms with E-state index in [-0.39, 0.29) is 5.69 Å². The van der Waals surface area contributed by atoms with Crippen molar-refractivity contribution in [3.05, 3.63) is 93.2 Å². The van der Waals surface area contributed by atoms with Crippen molar-refractivity contribution in [3.63, 3.8) is 0 Å². The SMILES string of the molecule is COC(=O)c1ccc(C#CCOCCCCCCN(Cc2ccccc2)CC(O)c2cc(Cl)c(N)c(Cl)c2)cn1. The Kier molecular flexibility index (Phi) is 13.2. The number of rotatable bonds is 14. The molecule has 0 bridgehead atoms. The van der Waals surface area contributed by atoms with Gasteiger partial charge in [0.05, 0.1) is 28.9 Å². The molecule has 0 amide bonds. The zero-order valence-electron chi connectivity index (χ0n) is 22.6. The fourth-order valence-electron chi connectivity index (χ4n) is 4.07. The number of aliphatic hydroxyl groups is 1. The van der Waals surface area contributed by atoms with E-state index in [0.717, 1.165) is 38.8 Å². The van der Waals surface area contributed by atoms with E-state index in [1.165, 1.54) is 12.7 Å². The van der Waals surface area contributed by atoms with Gasteiger partial charge in [-0.2, -0.15) is 0 Å². The Morgan fingerprint density at radius 2 is 1.80 bits per heavy atom. The summed E-state index contributed by atoms with van der Waals surface area (Å²) in [4.78, 5) is 17.7. The molecule has 9 heteroatoms. The third-order valence-corrected chi connectivity index (χ3v) is 6.87. The monoisotopic (exact) mass is 583 g/mol. The van der Waals surface area contributed by atoms with Crippen LogP contribution >= 0.6 is 23.2 Å². The van der Waals surface area contributed by atoms with E-state index in [9.17, 15) is 9.90 Å². The van der Waals surface area contributed by atoms with Crippen LogP contribution in [0.25, 0.3) is 0 Å². The number of nitrogens with zero attached hydrogens (tertiary/aromatic N) is 2. The van der Waals surface area contributed by atoms with Gasteiger partial charge in [0.2, 0.25) is 0 Å². The van der Waals surface area contributed by atoms with Gasteiger partial charge in [-0.15, -0.1) is 0 Å². The number of aliphatic hydroxyl groups excluding tert-OH is 1. The quantitative estimate of drug-likeness (QED) is 0.105. The van der Waals surface area contributed by atoms with Crippen LogP contribution in [-0.2, 0) is 16.0 Å². The van der Waals surface area contributed by atoms with Crippen molar-refractivity contribution >= 4 is 34.9 Å². The number of methoxy groups -OCH3 is 1. The topological polar surface area (TPSA) is 97.9 Å². The number of benzene rings is 2. The van der Waals surface area contributed by atoms with E-state index in [1.54, 1.807) is 30.5 Å². The predicted molar refractivity (Wildman–Crippen MR) is 159 cm³/mol. The lowest BCUT2D eigenvalue weighted by atomic mass is 10.1. The minimum absolute atomic E-state index is 0.250. The van der Waals surface area contributed by atoms with Gasteiger partial charge in [0.15, 0.2) is 0 Å². The molecule has 7 nitrogen and oxygen atoms in total. The lowest BCUT2D eigenvalue weighted by Gasteiger charge is -2.26. The van der Waals surface area contributed by atoms with Crippen LogP contribution in [0.4, 0.5) is 5.69 Å². The molecular formula is C31H35Cl2N3O4. The summed E-state index contributed by atoms with van der Waals surface area (Å²) in [6, 6.07) is 16.9. The van der Waals surface area contributed by atoms with Gasteiger partial charge in [0.25, 0.3) is 0 Å². The molecule has 2 aromatic carbocycles. The second-order valence-corrected chi connectivity index (χ2v) is 10.1. The molecule has 0 fully saturated rings. The fourth-order valence-corrected chi connectivity index (χ4v) is 4.57. The molecule has 3 aromatic rings. The molecule has 0 saturated carbocycles. The molecular weight excluding hydrogens is 549 g/mol. The van der Waals surface area contributed by atoms with Crippen LogP contribution in [0.2, 0.25) is 10.0 Å². The lowest BCUT2D eigenvalue weighted by Crippen LogP contribution is -2.29. The molecule has 0 radical (unpaired) electrons. The minimum Gasteiger partial charge on any atom is -0.464 e. The minimum atomic E-state index is -0.740. The first-order valence-corrected chi connectivity index (χ1v) is 13.9. The number of hydrogen-bond acceptors (Lipinski definition) is 7. The first-order valence-electron chi connectivity index (χ1n) is 13.2. The molecule has 0 aliphatic carbocycles. The van der Waals surface area contributed by atoms with Gasteiger partial charge in [-0.25, -0.2) is 9.78 Å². The number of nitrogen functional groups attached to an aromatic ring is 1.